The van der Waals surface area contributed by atoms with E-state index in [-0.39, 0.29) is 11.5 Å². The number of methoxy groups -OCH3 is 1. The summed E-state index contributed by atoms with van der Waals surface area (Å²) in [6, 6.07) is 16.3. The number of para-hydroxylation sites is 1. The van der Waals surface area contributed by atoms with Gasteiger partial charge in [-0.15, -0.1) is 0 Å². The number of benzene rings is 2. The molecule has 0 radical (unpaired) electrons. The minimum atomic E-state index is -0.100. The highest BCUT2D eigenvalue weighted by atomic mass is 16.5. The van der Waals surface area contributed by atoms with Gasteiger partial charge in [0.25, 0.3) is 0 Å². The molecule has 0 bridgehead atoms. The van der Waals surface area contributed by atoms with E-state index in [1.807, 2.05) is 30.3 Å². The Labute approximate surface area is 127 Å². The fraction of sp³-hybridized carbons (Fsp3) is 0.333. The molecule has 2 aromatic rings. The molecule has 0 fully saturated rings. The highest BCUT2D eigenvalue weighted by Gasteiger charge is 2.24. The van der Waals surface area contributed by atoms with E-state index in [1.165, 1.54) is 11.1 Å². The van der Waals surface area contributed by atoms with Gasteiger partial charge in [-0.3, -0.25) is 5.84 Å². The minimum Gasteiger partial charge on any atom is -0.496 e. The van der Waals surface area contributed by atoms with Crippen LogP contribution >= 0.6 is 0 Å². The average molecular weight is 284 g/mol. The largest absolute Gasteiger partial charge is 0.496 e. The fourth-order valence-electron chi connectivity index (χ4n) is 2.68. The Morgan fingerprint density at radius 3 is 2.10 bits per heavy atom. The van der Waals surface area contributed by atoms with Gasteiger partial charge < -0.3 is 4.74 Å². The lowest BCUT2D eigenvalue weighted by molar-refractivity contribution is 0.403. The van der Waals surface area contributed by atoms with Crippen LogP contribution in [0.2, 0.25) is 0 Å². The van der Waals surface area contributed by atoms with Crippen molar-refractivity contribution in [3.63, 3.8) is 0 Å². The predicted molar refractivity (Wildman–Crippen MR) is 87.3 cm³/mol. The molecular formula is C18H24N2O. The number of ether oxygens (including phenoxy) is 1. The third kappa shape index (κ3) is 3.26. The van der Waals surface area contributed by atoms with Crippen molar-refractivity contribution >= 4 is 0 Å². The van der Waals surface area contributed by atoms with Crippen molar-refractivity contribution in [1.29, 1.82) is 0 Å². The first-order valence-electron chi connectivity index (χ1n) is 7.17. The van der Waals surface area contributed by atoms with Gasteiger partial charge in [0.05, 0.1) is 13.2 Å². The summed E-state index contributed by atoms with van der Waals surface area (Å²) in [5.74, 6) is 6.70. The van der Waals surface area contributed by atoms with E-state index in [0.29, 0.717) is 0 Å². The van der Waals surface area contributed by atoms with Crippen LogP contribution in [-0.2, 0) is 5.41 Å². The van der Waals surface area contributed by atoms with Crippen LogP contribution in [0.3, 0.4) is 0 Å². The average Bonchev–Trinajstić information content (AvgIpc) is 2.48. The summed E-state index contributed by atoms with van der Waals surface area (Å²) in [7, 11) is 1.68. The molecule has 112 valence electrons. The van der Waals surface area contributed by atoms with E-state index in [2.05, 4.69) is 44.4 Å². The number of nitrogens with two attached hydrogens (primary N) is 1. The maximum absolute atomic E-state index is 5.87. The molecule has 0 aliphatic heterocycles. The lowest BCUT2D eigenvalue weighted by Gasteiger charge is -2.28. The van der Waals surface area contributed by atoms with Gasteiger partial charge in [-0.1, -0.05) is 63.2 Å². The van der Waals surface area contributed by atoms with E-state index in [0.717, 1.165) is 11.3 Å². The summed E-state index contributed by atoms with van der Waals surface area (Å²) in [6.45, 7) is 6.63. The lowest BCUT2D eigenvalue weighted by atomic mass is 9.80. The summed E-state index contributed by atoms with van der Waals surface area (Å²) in [5.41, 5.74) is 6.49. The van der Waals surface area contributed by atoms with Crippen molar-refractivity contribution in [2.45, 2.75) is 32.2 Å². The van der Waals surface area contributed by atoms with Gasteiger partial charge in [0.15, 0.2) is 0 Å². The summed E-state index contributed by atoms with van der Waals surface area (Å²) in [6.07, 6.45) is 0. The molecule has 0 saturated carbocycles. The second-order valence-electron chi connectivity index (χ2n) is 6.18. The monoisotopic (exact) mass is 284 g/mol. The fourth-order valence-corrected chi connectivity index (χ4v) is 2.68. The smallest absolute Gasteiger partial charge is 0.124 e. The summed E-state index contributed by atoms with van der Waals surface area (Å²) >= 11 is 0. The van der Waals surface area contributed by atoms with Crippen LogP contribution in [0.15, 0.2) is 48.5 Å². The molecule has 2 aromatic carbocycles. The van der Waals surface area contributed by atoms with Crippen LogP contribution in [0.5, 0.6) is 5.75 Å². The predicted octanol–water partition coefficient (Wildman–Crippen LogP) is 3.55. The molecule has 0 spiro atoms. The molecule has 3 nitrogen and oxygen atoms in total. The molecule has 1 atom stereocenters. The maximum atomic E-state index is 5.87. The Morgan fingerprint density at radius 2 is 1.52 bits per heavy atom. The van der Waals surface area contributed by atoms with E-state index in [1.54, 1.807) is 7.11 Å². The zero-order chi connectivity index (χ0) is 15.5. The Hall–Kier alpha value is -1.84. The third-order valence-corrected chi connectivity index (χ3v) is 3.70. The minimum absolute atomic E-state index is 0.0493. The Morgan fingerprint density at radius 1 is 0.952 bits per heavy atom. The maximum Gasteiger partial charge on any atom is 0.124 e. The van der Waals surface area contributed by atoms with Gasteiger partial charge in [-0.2, -0.15) is 0 Å². The molecule has 3 heteroatoms. The second kappa shape index (κ2) is 6.29. The zero-order valence-electron chi connectivity index (χ0n) is 13.2. The highest BCUT2D eigenvalue weighted by Crippen LogP contribution is 2.35. The van der Waals surface area contributed by atoms with Crippen LogP contribution in [0.25, 0.3) is 0 Å². The molecule has 0 aromatic heterocycles. The van der Waals surface area contributed by atoms with Gasteiger partial charge in [0.1, 0.15) is 5.75 Å². The van der Waals surface area contributed by atoms with E-state index in [9.17, 15) is 0 Å². The highest BCUT2D eigenvalue weighted by molar-refractivity contribution is 5.45. The van der Waals surface area contributed by atoms with Crippen molar-refractivity contribution in [3.05, 3.63) is 65.2 Å². The normalized spacial score (nSPS) is 13.0. The summed E-state index contributed by atoms with van der Waals surface area (Å²) < 4.78 is 5.48. The standard InChI is InChI=1S/C18H24N2O/c1-18(2,3)15-11-7-5-9-13(15)17(20-19)14-10-6-8-12-16(14)21-4/h5-12,17,20H,19H2,1-4H3. The quantitative estimate of drug-likeness (QED) is 0.667. The van der Waals surface area contributed by atoms with Crippen LogP contribution in [-0.4, -0.2) is 7.11 Å². The van der Waals surface area contributed by atoms with Crippen molar-refractivity contribution in [2.75, 3.05) is 7.11 Å². The van der Waals surface area contributed by atoms with E-state index < -0.39 is 0 Å². The molecule has 0 aliphatic carbocycles. The molecular weight excluding hydrogens is 260 g/mol. The van der Waals surface area contributed by atoms with Crippen molar-refractivity contribution < 1.29 is 4.74 Å². The first-order valence-corrected chi connectivity index (χ1v) is 7.17. The Kier molecular flexibility index (Phi) is 4.66. The lowest BCUT2D eigenvalue weighted by Crippen LogP contribution is -2.31. The van der Waals surface area contributed by atoms with E-state index in [4.69, 9.17) is 10.6 Å². The molecule has 2 rings (SSSR count). The van der Waals surface area contributed by atoms with Gasteiger partial charge in [-0.25, -0.2) is 5.43 Å². The molecule has 0 saturated heterocycles. The van der Waals surface area contributed by atoms with Crippen molar-refractivity contribution in [2.24, 2.45) is 5.84 Å². The summed E-state index contributed by atoms with van der Waals surface area (Å²) in [5, 5.41) is 0. The molecule has 21 heavy (non-hydrogen) atoms. The van der Waals surface area contributed by atoms with Crippen LogP contribution < -0.4 is 16.0 Å². The van der Waals surface area contributed by atoms with Gasteiger partial charge in [-0.05, 0) is 22.6 Å². The van der Waals surface area contributed by atoms with Crippen LogP contribution in [0.1, 0.15) is 43.5 Å². The molecule has 0 heterocycles. The number of hydrazine groups is 1. The van der Waals surface area contributed by atoms with Crippen molar-refractivity contribution in [3.8, 4) is 5.75 Å². The number of rotatable bonds is 4. The van der Waals surface area contributed by atoms with E-state index >= 15 is 0 Å². The second-order valence-corrected chi connectivity index (χ2v) is 6.18. The van der Waals surface area contributed by atoms with Gasteiger partial charge in [0.2, 0.25) is 0 Å². The van der Waals surface area contributed by atoms with Crippen LogP contribution in [0.4, 0.5) is 0 Å². The van der Waals surface area contributed by atoms with Gasteiger partial charge in [0, 0.05) is 5.56 Å². The van der Waals surface area contributed by atoms with Crippen LogP contribution in [0, 0.1) is 0 Å². The van der Waals surface area contributed by atoms with Crippen molar-refractivity contribution in [1.82, 2.24) is 5.43 Å². The molecule has 0 aliphatic rings. The molecule has 1 unspecified atom stereocenters. The number of hydrogen-bond donors (Lipinski definition) is 2. The van der Waals surface area contributed by atoms with Gasteiger partial charge >= 0.3 is 0 Å². The number of nitrogens with one attached hydrogen (secondary N) is 1. The molecule has 0 amide bonds. The summed E-state index contributed by atoms with van der Waals surface area (Å²) in [4.78, 5) is 0. The third-order valence-electron chi connectivity index (χ3n) is 3.70. The topological polar surface area (TPSA) is 47.3 Å². The Bertz CT molecular complexity index is 602. The zero-order valence-corrected chi connectivity index (χ0v) is 13.2. The SMILES string of the molecule is COc1ccccc1C(NN)c1ccccc1C(C)(C)C. The molecule has 3 N–H and O–H groups in total. The Balaban J connectivity index is 2.58. The number of hydrogen-bond acceptors (Lipinski definition) is 3. The first-order chi connectivity index (χ1) is 9.99. The first kappa shape index (κ1) is 15.5.